The van der Waals surface area contributed by atoms with Gasteiger partial charge in [0.1, 0.15) is 5.82 Å². The summed E-state index contributed by atoms with van der Waals surface area (Å²) in [5, 5.41) is 0. The van der Waals surface area contributed by atoms with Gasteiger partial charge in [0.05, 0.1) is 0 Å². The number of nitrogens with zero attached hydrogens (tertiary/aromatic N) is 2. The second-order valence-corrected chi connectivity index (χ2v) is 6.97. The van der Waals surface area contributed by atoms with E-state index in [1.807, 2.05) is 0 Å². The van der Waals surface area contributed by atoms with Crippen LogP contribution in [0.3, 0.4) is 0 Å². The minimum atomic E-state index is 0.214. The standard InChI is InChI=1S/C16H27ClN2/c1-11(2)14-8-13(10-17)9-15(18-14)19(7)12(3)16(4,5)6/h8-9,11-12H,10H2,1-7H3. The van der Waals surface area contributed by atoms with E-state index in [1.54, 1.807) is 0 Å². The fraction of sp³-hybridized carbons (Fsp3) is 0.688. The zero-order valence-electron chi connectivity index (χ0n) is 13.3. The third-order valence-corrected chi connectivity index (χ3v) is 4.14. The van der Waals surface area contributed by atoms with Crippen LogP contribution in [-0.2, 0) is 5.88 Å². The molecule has 0 aliphatic carbocycles. The van der Waals surface area contributed by atoms with Crippen molar-refractivity contribution in [3.8, 4) is 0 Å². The van der Waals surface area contributed by atoms with E-state index in [-0.39, 0.29) is 5.41 Å². The predicted molar refractivity (Wildman–Crippen MR) is 85.2 cm³/mol. The van der Waals surface area contributed by atoms with E-state index in [2.05, 4.69) is 65.6 Å². The highest BCUT2D eigenvalue weighted by atomic mass is 35.5. The second-order valence-electron chi connectivity index (χ2n) is 6.70. The van der Waals surface area contributed by atoms with Crippen LogP contribution in [0.15, 0.2) is 12.1 Å². The molecule has 0 aliphatic heterocycles. The summed E-state index contributed by atoms with van der Waals surface area (Å²) >= 11 is 6.00. The molecule has 0 fully saturated rings. The maximum absolute atomic E-state index is 6.00. The third kappa shape index (κ3) is 4.10. The summed E-state index contributed by atoms with van der Waals surface area (Å²) in [5.74, 6) is 1.97. The first-order chi connectivity index (χ1) is 8.66. The molecule has 0 aromatic carbocycles. The van der Waals surface area contributed by atoms with Crippen LogP contribution in [0.2, 0.25) is 0 Å². The average Bonchev–Trinajstić information content (AvgIpc) is 2.35. The van der Waals surface area contributed by atoms with Crippen molar-refractivity contribution in [3.63, 3.8) is 0 Å². The lowest BCUT2D eigenvalue weighted by molar-refractivity contribution is 0.328. The molecule has 0 saturated heterocycles. The van der Waals surface area contributed by atoms with Crippen LogP contribution in [0, 0.1) is 5.41 Å². The van der Waals surface area contributed by atoms with Crippen molar-refractivity contribution in [1.82, 2.24) is 4.98 Å². The van der Waals surface area contributed by atoms with Crippen LogP contribution < -0.4 is 4.90 Å². The van der Waals surface area contributed by atoms with E-state index in [1.165, 1.54) is 0 Å². The minimum absolute atomic E-state index is 0.214. The topological polar surface area (TPSA) is 16.1 Å². The zero-order chi connectivity index (χ0) is 14.8. The largest absolute Gasteiger partial charge is 0.356 e. The Kier molecular flexibility index (Phi) is 5.26. The van der Waals surface area contributed by atoms with E-state index in [0.29, 0.717) is 17.8 Å². The molecule has 0 bridgehead atoms. The molecule has 0 N–H and O–H groups in total. The van der Waals surface area contributed by atoms with Crippen molar-refractivity contribution < 1.29 is 0 Å². The summed E-state index contributed by atoms with van der Waals surface area (Å²) in [5.41, 5.74) is 2.47. The van der Waals surface area contributed by atoms with E-state index in [4.69, 9.17) is 16.6 Å². The zero-order valence-corrected chi connectivity index (χ0v) is 14.0. The van der Waals surface area contributed by atoms with Gasteiger partial charge in [-0.1, -0.05) is 34.6 Å². The van der Waals surface area contributed by atoms with Gasteiger partial charge in [-0.05, 0) is 36.0 Å². The molecule has 2 nitrogen and oxygen atoms in total. The Labute approximate surface area is 123 Å². The number of aromatic nitrogens is 1. The average molecular weight is 283 g/mol. The van der Waals surface area contributed by atoms with Gasteiger partial charge in [-0.25, -0.2) is 4.98 Å². The highest BCUT2D eigenvalue weighted by molar-refractivity contribution is 6.17. The first kappa shape index (κ1) is 16.3. The monoisotopic (exact) mass is 282 g/mol. The van der Waals surface area contributed by atoms with Gasteiger partial charge in [0, 0.05) is 24.7 Å². The molecule has 1 aromatic heterocycles. The van der Waals surface area contributed by atoms with E-state index in [0.717, 1.165) is 17.1 Å². The molecule has 0 amide bonds. The number of alkyl halides is 1. The first-order valence-electron chi connectivity index (χ1n) is 6.96. The van der Waals surface area contributed by atoms with Crippen molar-refractivity contribution in [2.45, 2.75) is 59.4 Å². The highest BCUT2D eigenvalue weighted by Gasteiger charge is 2.25. The fourth-order valence-electron chi connectivity index (χ4n) is 1.93. The Morgan fingerprint density at radius 1 is 1.21 bits per heavy atom. The molecule has 1 heterocycles. The molecular formula is C16H27ClN2. The van der Waals surface area contributed by atoms with E-state index < -0.39 is 0 Å². The van der Waals surface area contributed by atoms with Crippen LogP contribution >= 0.6 is 11.6 Å². The summed E-state index contributed by atoms with van der Waals surface area (Å²) in [6, 6.07) is 4.61. The number of hydrogen-bond acceptors (Lipinski definition) is 2. The quantitative estimate of drug-likeness (QED) is 0.737. The van der Waals surface area contributed by atoms with Crippen LogP contribution in [0.25, 0.3) is 0 Å². The Morgan fingerprint density at radius 3 is 2.21 bits per heavy atom. The molecule has 1 unspecified atom stereocenters. The molecule has 1 aromatic rings. The molecule has 0 saturated carbocycles. The number of halogens is 1. The lowest BCUT2D eigenvalue weighted by Gasteiger charge is -2.36. The van der Waals surface area contributed by atoms with Crippen molar-refractivity contribution in [1.29, 1.82) is 0 Å². The fourth-order valence-corrected chi connectivity index (χ4v) is 2.08. The molecule has 0 radical (unpaired) electrons. The van der Waals surface area contributed by atoms with Gasteiger partial charge in [-0.15, -0.1) is 11.6 Å². The molecule has 19 heavy (non-hydrogen) atoms. The van der Waals surface area contributed by atoms with E-state index >= 15 is 0 Å². The SMILES string of the molecule is CC(C)c1cc(CCl)cc(N(C)C(C)C(C)(C)C)n1. The van der Waals surface area contributed by atoms with Crippen molar-refractivity contribution in [2.24, 2.45) is 5.41 Å². The Hall–Kier alpha value is -0.760. The lowest BCUT2D eigenvalue weighted by atomic mass is 9.87. The minimum Gasteiger partial charge on any atom is -0.356 e. The maximum atomic E-state index is 6.00. The molecule has 108 valence electrons. The molecule has 1 rings (SSSR count). The first-order valence-corrected chi connectivity index (χ1v) is 7.50. The molecule has 3 heteroatoms. The van der Waals surface area contributed by atoms with Gasteiger partial charge in [-0.3, -0.25) is 0 Å². The molecule has 0 spiro atoms. The van der Waals surface area contributed by atoms with Crippen molar-refractivity contribution >= 4 is 17.4 Å². The van der Waals surface area contributed by atoms with Crippen molar-refractivity contribution in [3.05, 3.63) is 23.4 Å². The van der Waals surface area contributed by atoms with Gasteiger partial charge in [0.2, 0.25) is 0 Å². The van der Waals surface area contributed by atoms with Crippen LogP contribution in [0.4, 0.5) is 5.82 Å². The predicted octanol–water partition coefficient (Wildman–Crippen LogP) is 4.81. The Bertz CT molecular complexity index is 421. The van der Waals surface area contributed by atoms with Crippen LogP contribution in [0.5, 0.6) is 0 Å². The Morgan fingerprint density at radius 2 is 1.79 bits per heavy atom. The molecular weight excluding hydrogens is 256 g/mol. The van der Waals surface area contributed by atoms with Gasteiger partial charge in [-0.2, -0.15) is 0 Å². The number of pyridine rings is 1. The maximum Gasteiger partial charge on any atom is 0.129 e. The number of hydrogen-bond donors (Lipinski definition) is 0. The smallest absolute Gasteiger partial charge is 0.129 e. The summed E-state index contributed by atoms with van der Waals surface area (Å²) in [7, 11) is 2.11. The van der Waals surface area contributed by atoms with Gasteiger partial charge in [0.15, 0.2) is 0 Å². The third-order valence-electron chi connectivity index (χ3n) is 3.83. The van der Waals surface area contributed by atoms with Crippen molar-refractivity contribution in [2.75, 3.05) is 11.9 Å². The van der Waals surface area contributed by atoms with E-state index in [9.17, 15) is 0 Å². The Balaban J connectivity index is 3.15. The number of rotatable bonds is 4. The summed E-state index contributed by atoms with van der Waals surface area (Å²) in [4.78, 5) is 7.03. The van der Waals surface area contributed by atoms with Crippen LogP contribution in [-0.4, -0.2) is 18.1 Å². The molecule has 1 atom stereocenters. The number of anilines is 1. The van der Waals surface area contributed by atoms with Gasteiger partial charge < -0.3 is 4.90 Å². The second kappa shape index (κ2) is 6.13. The van der Waals surface area contributed by atoms with Gasteiger partial charge in [0.25, 0.3) is 0 Å². The lowest BCUT2D eigenvalue weighted by Crippen LogP contribution is -2.40. The van der Waals surface area contributed by atoms with Crippen LogP contribution in [0.1, 0.15) is 58.7 Å². The summed E-state index contributed by atoms with van der Waals surface area (Å²) in [6.07, 6.45) is 0. The summed E-state index contributed by atoms with van der Waals surface area (Å²) < 4.78 is 0. The molecule has 0 aliphatic rings. The van der Waals surface area contributed by atoms with Gasteiger partial charge >= 0.3 is 0 Å². The normalized spacial score (nSPS) is 13.7. The summed E-state index contributed by atoms with van der Waals surface area (Å²) in [6.45, 7) is 13.3. The highest BCUT2D eigenvalue weighted by Crippen LogP contribution is 2.28.